The minimum Gasteiger partial charge on any atom is -0.471 e. The Hall–Kier alpha value is -3.08. The zero-order chi connectivity index (χ0) is 20.5. The summed E-state index contributed by atoms with van der Waals surface area (Å²) in [6.07, 6.45) is -3.33. The molecule has 7 nitrogen and oxygen atoms in total. The summed E-state index contributed by atoms with van der Waals surface area (Å²) < 4.78 is 58.5. The van der Waals surface area contributed by atoms with Gasteiger partial charge < -0.3 is 10.1 Å². The first-order chi connectivity index (χ1) is 13.1. The number of carbonyl (C=O) groups is 1. The average Bonchev–Trinajstić information content (AvgIpc) is 3.23. The van der Waals surface area contributed by atoms with Gasteiger partial charge in [-0.2, -0.15) is 23.4 Å². The maximum atomic E-state index is 13.1. The van der Waals surface area contributed by atoms with Crippen LogP contribution in [0.15, 0.2) is 30.5 Å². The number of carbonyl (C=O) groups excluding carboxylic acids is 1. The number of alkyl halides is 3. The van der Waals surface area contributed by atoms with Crippen LogP contribution in [0.25, 0.3) is 0 Å². The Labute approximate surface area is 160 Å². The first-order valence-corrected chi connectivity index (χ1v) is 8.08. The summed E-state index contributed by atoms with van der Waals surface area (Å²) >= 11 is 5.65. The molecule has 0 bridgehead atoms. The number of ether oxygens (including phenoxy) is 1. The highest BCUT2D eigenvalue weighted by molar-refractivity contribution is 6.30. The van der Waals surface area contributed by atoms with Crippen LogP contribution in [-0.4, -0.2) is 25.9 Å². The molecule has 0 saturated carbocycles. The summed E-state index contributed by atoms with van der Waals surface area (Å²) in [5.41, 5.74) is -1.77. The molecule has 2 aromatic heterocycles. The number of anilines is 1. The Morgan fingerprint density at radius 3 is 2.79 bits per heavy atom. The molecule has 0 aliphatic rings. The minimum atomic E-state index is -4.73. The third kappa shape index (κ3) is 4.25. The number of hydrogen-bond donors (Lipinski definition) is 2. The molecule has 1 aromatic carbocycles. The minimum absolute atomic E-state index is 0.0524. The number of halogens is 5. The summed E-state index contributed by atoms with van der Waals surface area (Å²) in [5.74, 6) is -1.17. The van der Waals surface area contributed by atoms with Crippen molar-refractivity contribution in [3.63, 3.8) is 0 Å². The summed E-state index contributed by atoms with van der Waals surface area (Å²) in [5, 5.41) is 11.3. The topological polar surface area (TPSA) is 84.8 Å². The average molecular weight is 418 g/mol. The second-order valence-corrected chi connectivity index (χ2v) is 6.02. The van der Waals surface area contributed by atoms with Gasteiger partial charge in [-0.05, 0) is 25.1 Å². The van der Waals surface area contributed by atoms with Gasteiger partial charge in [-0.25, -0.2) is 9.07 Å². The molecule has 0 spiro atoms. The Morgan fingerprint density at radius 2 is 2.11 bits per heavy atom. The van der Waals surface area contributed by atoms with Crippen LogP contribution < -0.4 is 10.1 Å². The lowest BCUT2D eigenvalue weighted by molar-refractivity contribution is -0.140. The van der Waals surface area contributed by atoms with E-state index < -0.39 is 29.3 Å². The molecule has 0 radical (unpaired) electrons. The lowest BCUT2D eigenvalue weighted by atomic mass is 10.2. The monoisotopic (exact) mass is 417 g/mol. The van der Waals surface area contributed by atoms with Crippen molar-refractivity contribution in [1.29, 1.82) is 0 Å². The first-order valence-electron chi connectivity index (χ1n) is 7.70. The van der Waals surface area contributed by atoms with Crippen LogP contribution in [-0.2, 0) is 12.9 Å². The summed E-state index contributed by atoms with van der Waals surface area (Å²) in [6.45, 7) is 1.21. The van der Waals surface area contributed by atoms with Crippen LogP contribution in [0.5, 0.6) is 5.75 Å². The van der Waals surface area contributed by atoms with E-state index in [1.807, 2.05) is 0 Å². The van der Waals surface area contributed by atoms with Crippen molar-refractivity contribution >= 4 is 23.2 Å². The Bertz CT molecular complexity index is 1010. The number of H-pyrrole nitrogens is 1. The number of aromatic amines is 1. The highest BCUT2D eigenvalue weighted by Crippen LogP contribution is 2.34. The van der Waals surface area contributed by atoms with Gasteiger partial charge in [0.25, 0.3) is 5.91 Å². The van der Waals surface area contributed by atoms with E-state index in [0.29, 0.717) is 0 Å². The molecular weight excluding hydrogens is 406 g/mol. The van der Waals surface area contributed by atoms with Gasteiger partial charge in [0.1, 0.15) is 11.6 Å². The highest BCUT2D eigenvalue weighted by Gasteiger charge is 2.38. The predicted molar refractivity (Wildman–Crippen MR) is 90.5 cm³/mol. The molecule has 28 heavy (non-hydrogen) atoms. The van der Waals surface area contributed by atoms with Gasteiger partial charge in [-0.1, -0.05) is 11.6 Å². The smallest absolute Gasteiger partial charge is 0.437 e. The number of benzene rings is 1. The standard InChI is InChI=1S/C16H12ClF4N5O2/c1-8-13(14(24-23-8)16(19,20)21)22-15(27)12-4-5-26(25-12)7-28-9-2-3-11(18)10(17)6-9/h2-6H,7H2,1H3,(H,22,27)(H,23,24). The number of hydrogen-bond acceptors (Lipinski definition) is 4. The van der Waals surface area contributed by atoms with E-state index in [1.165, 1.54) is 36.0 Å². The van der Waals surface area contributed by atoms with Gasteiger partial charge in [-0.15, -0.1) is 0 Å². The number of aryl methyl sites for hydroxylation is 1. The van der Waals surface area contributed by atoms with Crippen LogP contribution in [0.3, 0.4) is 0 Å². The van der Waals surface area contributed by atoms with E-state index in [1.54, 1.807) is 0 Å². The number of rotatable bonds is 5. The fourth-order valence-corrected chi connectivity index (χ4v) is 2.40. The number of amides is 1. The second-order valence-electron chi connectivity index (χ2n) is 5.61. The van der Waals surface area contributed by atoms with Gasteiger partial charge in [0.05, 0.1) is 16.4 Å². The molecule has 0 aliphatic heterocycles. The van der Waals surface area contributed by atoms with E-state index in [0.717, 1.165) is 6.07 Å². The largest absolute Gasteiger partial charge is 0.471 e. The quantitative estimate of drug-likeness (QED) is 0.614. The van der Waals surface area contributed by atoms with Crippen molar-refractivity contribution in [2.45, 2.75) is 19.8 Å². The summed E-state index contributed by atoms with van der Waals surface area (Å²) in [7, 11) is 0. The zero-order valence-corrected chi connectivity index (χ0v) is 14.9. The highest BCUT2D eigenvalue weighted by atomic mass is 35.5. The maximum Gasteiger partial charge on any atom is 0.437 e. The van der Waals surface area contributed by atoms with Gasteiger partial charge in [0, 0.05) is 12.3 Å². The van der Waals surface area contributed by atoms with E-state index in [-0.39, 0.29) is 28.9 Å². The Kier molecular flexibility index (Phi) is 5.27. The van der Waals surface area contributed by atoms with Crippen LogP contribution >= 0.6 is 11.6 Å². The molecule has 2 N–H and O–H groups in total. The van der Waals surface area contributed by atoms with Crippen molar-refractivity contribution in [2.24, 2.45) is 0 Å². The van der Waals surface area contributed by atoms with E-state index in [9.17, 15) is 22.4 Å². The number of nitrogens with zero attached hydrogens (tertiary/aromatic N) is 3. The second kappa shape index (κ2) is 7.50. The van der Waals surface area contributed by atoms with E-state index >= 15 is 0 Å². The molecule has 2 heterocycles. The summed E-state index contributed by atoms with van der Waals surface area (Å²) in [4.78, 5) is 12.2. The Morgan fingerprint density at radius 1 is 1.36 bits per heavy atom. The summed E-state index contributed by atoms with van der Waals surface area (Å²) in [6, 6.07) is 5.07. The molecule has 0 unspecified atom stereocenters. The molecule has 0 saturated heterocycles. The van der Waals surface area contributed by atoms with Crippen molar-refractivity contribution < 1.29 is 27.1 Å². The van der Waals surface area contributed by atoms with Crippen LogP contribution in [0, 0.1) is 12.7 Å². The fraction of sp³-hybridized carbons (Fsp3) is 0.188. The number of aromatic nitrogens is 4. The van der Waals surface area contributed by atoms with Crippen molar-refractivity contribution in [3.8, 4) is 5.75 Å². The number of nitrogens with one attached hydrogen (secondary N) is 2. The molecular formula is C16H12ClF4N5O2. The van der Waals surface area contributed by atoms with Crippen molar-refractivity contribution in [1.82, 2.24) is 20.0 Å². The van der Waals surface area contributed by atoms with E-state index in [2.05, 4.69) is 20.6 Å². The van der Waals surface area contributed by atoms with Crippen LogP contribution in [0.4, 0.5) is 23.2 Å². The molecule has 148 valence electrons. The molecule has 0 aliphatic carbocycles. The Balaban J connectivity index is 1.68. The maximum absolute atomic E-state index is 13.1. The third-order valence-electron chi connectivity index (χ3n) is 3.58. The molecule has 12 heteroatoms. The van der Waals surface area contributed by atoms with Crippen molar-refractivity contribution in [2.75, 3.05) is 5.32 Å². The molecule has 0 fully saturated rings. The molecule has 0 atom stereocenters. The predicted octanol–water partition coefficient (Wildman–Crippen LogP) is 4.01. The van der Waals surface area contributed by atoms with Crippen LogP contribution in [0.2, 0.25) is 5.02 Å². The first kappa shape index (κ1) is 19.7. The molecule has 1 amide bonds. The third-order valence-corrected chi connectivity index (χ3v) is 3.87. The van der Waals surface area contributed by atoms with Gasteiger partial charge in [0.2, 0.25) is 0 Å². The zero-order valence-electron chi connectivity index (χ0n) is 14.1. The van der Waals surface area contributed by atoms with Gasteiger partial charge in [-0.3, -0.25) is 9.89 Å². The van der Waals surface area contributed by atoms with Crippen molar-refractivity contribution in [3.05, 3.63) is 58.4 Å². The lowest BCUT2D eigenvalue weighted by Gasteiger charge is -2.08. The van der Waals surface area contributed by atoms with Crippen LogP contribution in [0.1, 0.15) is 21.9 Å². The fourth-order valence-electron chi connectivity index (χ4n) is 2.23. The SMILES string of the molecule is Cc1[nH]nc(C(F)(F)F)c1NC(=O)c1ccn(COc2ccc(F)c(Cl)c2)n1. The van der Waals surface area contributed by atoms with Gasteiger partial charge in [0.15, 0.2) is 18.1 Å². The molecule has 3 rings (SSSR count). The molecule has 3 aromatic rings. The lowest BCUT2D eigenvalue weighted by Crippen LogP contribution is -2.17. The van der Waals surface area contributed by atoms with E-state index in [4.69, 9.17) is 16.3 Å². The normalized spacial score (nSPS) is 11.5. The van der Waals surface area contributed by atoms with Gasteiger partial charge >= 0.3 is 6.18 Å².